The van der Waals surface area contributed by atoms with Crippen molar-refractivity contribution in [3.63, 3.8) is 0 Å². The van der Waals surface area contributed by atoms with Crippen LogP contribution in [0.4, 0.5) is 0 Å². The van der Waals surface area contributed by atoms with Crippen molar-refractivity contribution in [1.29, 1.82) is 0 Å². The summed E-state index contributed by atoms with van der Waals surface area (Å²) >= 11 is 0. The van der Waals surface area contributed by atoms with Gasteiger partial charge < -0.3 is 5.32 Å². The van der Waals surface area contributed by atoms with Crippen molar-refractivity contribution in [2.45, 2.75) is 19.9 Å². The van der Waals surface area contributed by atoms with Gasteiger partial charge in [-0.2, -0.15) is 0 Å². The second kappa shape index (κ2) is 3.34. The number of carbonyl (C=O) groups is 2. The molecule has 3 nitrogen and oxygen atoms in total. The Morgan fingerprint density at radius 1 is 1.67 bits per heavy atom. The minimum absolute atomic E-state index is 0.00227. The summed E-state index contributed by atoms with van der Waals surface area (Å²) < 4.78 is 0. The van der Waals surface area contributed by atoms with E-state index in [-0.39, 0.29) is 11.8 Å². The highest BCUT2D eigenvalue weighted by molar-refractivity contribution is 5.97. The van der Waals surface area contributed by atoms with Gasteiger partial charge in [-0.05, 0) is 19.9 Å². The number of hydrogen-bond donors (Lipinski definition) is 1. The largest absolute Gasteiger partial charge is 0.384 e. The van der Waals surface area contributed by atoms with E-state index >= 15 is 0 Å². The van der Waals surface area contributed by atoms with E-state index in [4.69, 9.17) is 0 Å². The van der Waals surface area contributed by atoms with Crippen LogP contribution >= 0.6 is 0 Å². The molecule has 3 heteroatoms. The number of rotatable bonds is 2. The van der Waals surface area contributed by atoms with Gasteiger partial charge in [0.05, 0.1) is 6.04 Å². The number of aldehydes is 1. The van der Waals surface area contributed by atoms with Crippen LogP contribution in [0.3, 0.4) is 0 Å². The average molecular weight is 165 g/mol. The van der Waals surface area contributed by atoms with Crippen molar-refractivity contribution >= 4 is 12.1 Å². The van der Waals surface area contributed by atoms with Gasteiger partial charge in [-0.25, -0.2) is 0 Å². The smallest absolute Gasteiger partial charge is 0.157 e. The summed E-state index contributed by atoms with van der Waals surface area (Å²) in [6, 6.07) is 0.00574. The molecule has 1 heterocycles. The number of ketones is 1. The minimum atomic E-state index is 0.00227. The van der Waals surface area contributed by atoms with Gasteiger partial charge in [-0.15, -0.1) is 0 Å². The van der Waals surface area contributed by atoms with Crippen molar-refractivity contribution in [3.05, 3.63) is 23.4 Å². The lowest BCUT2D eigenvalue weighted by atomic mass is 10.00. The van der Waals surface area contributed by atoms with E-state index in [1.54, 1.807) is 12.3 Å². The maximum absolute atomic E-state index is 11.0. The molecule has 64 valence electrons. The third-order valence-electron chi connectivity index (χ3n) is 1.83. The molecular formula is C9H11NO2. The van der Waals surface area contributed by atoms with Crippen molar-refractivity contribution in [2.24, 2.45) is 0 Å². The van der Waals surface area contributed by atoms with Crippen LogP contribution in [0.2, 0.25) is 0 Å². The van der Waals surface area contributed by atoms with Crippen LogP contribution in [0.5, 0.6) is 0 Å². The summed E-state index contributed by atoms with van der Waals surface area (Å²) in [5, 5.41) is 2.93. The second-order valence-electron chi connectivity index (χ2n) is 2.81. The van der Waals surface area contributed by atoms with Crippen molar-refractivity contribution < 1.29 is 9.59 Å². The number of Topliss-reactive ketones (excluding diaryl/α,β-unsaturated/α-hetero) is 1. The number of allylic oxidation sites excluding steroid dienone is 2. The van der Waals surface area contributed by atoms with E-state index in [0.717, 1.165) is 6.29 Å². The van der Waals surface area contributed by atoms with Crippen LogP contribution in [0, 0.1) is 0 Å². The monoisotopic (exact) mass is 165 g/mol. The quantitative estimate of drug-likeness (QED) is 0.609. The lowest BCUT2D eigenvalue weighted by Gasteiger charge is -2.18. The molecule has 0 fully saturated rings. The summed E-state index contributed by atoms with van der Waals surface area (Å²) in [6.45, 7) is 3.38. The summed E-state index contributed by atoms with van der Waals surface area (Å²) in [5.74, 6) is 0.00227. The fourth-order valence-corrected chi connectivity index (χ4v) is 1.13. The molecule has 0 bridgehead atoms. The Balaban J connectivity index is 2.94. The average Bonchev–Trinajstić information content (AvgIpc) is 2.05. The van der Waals surface area contributed by atoms with Gasteiger partial charge >= 0.3 is 0 Å². The molecule has 1 N–H and O–H groups in total. The Labute approximate surface area is 71.1 Å². The zero-order valence-electron chi connectivity index (χ0n) is 7.13. The zero-order chi connectivity index (χ0) is 9.14. The highest BCUT2D eigenvalue weighted by atomic mass is 16.1. The van der Waals surface area contributed by atoms with Crippen molar-refractivity contribution in [3.8, 4) is 0 Å². The molecule has 0 saturated carbocycles. The summed E-state index contributed by atoms with van der Waals surface area (Å²) in [7, 11) is 0. The Bertz CT molecular complexity index is 276. The molecule has 1 aliphatic heterocycles. The lowest BCUT2D eigenvalue weighted by molar-refractivity contribution is -0.113. The number of dihydropyridines is 1. The predicted octanol–water partition coefficient (Wildman–Crippen LogP) is 0.576. The van der Waals surface area contributed by atoms with Crippen molar-refractivity contribution in [2.75, 3.05) is 0 Å². The Morgan fingerprint density at radius 2 is 2.33 bits per heavy atom. The maximum Gasteiger partial charge on any atom is 0.157 e. The van der Waals surface area contributed by atoms with Gasteiger partial charge in [0.1, 0.15) is 0 Å². The Kier molecular flexibility index (Phi) is 2.43. The summed E-state index contributed by atoms with van der Waals surface area (Å²) in [4.78, 5) is 21.4. The zero-order valence-corrected chi connectivity index (χ0v) is 7.13. The SMILES string of the molecule is CC(=O)C1=CC(C=O)=CNC1C. The van der Waals surface area contributed by atoms with E-state index < -0.39 is 0 Å². The molecule has 1 unspecified atom stereocenters. The van der Waals surface area contributed by atoms with Gasteiger partial charge in [-0.3, -0.25) is 9.59 Å². The molecule has 0 amide bonds. The Morgan fingerprint density at radius 3 is 2.83 bits per heavy atom. The van der Waals surface area contributed by atoms with Crippen LogP contribution in [0.15, 0.2) is 23.4 Å². The van der Waals surface area contributed by atoms with E-state index in [1.165, 1.54) is 6.92 Å². The van der Waals surface area contributed by atoms with E-state index in [1.807, 2.05) is 6.92 Å². The lowest BCUT2D eigenvalue weighted by Crippen LogP contribution is -2.29. The van der Waals surface area contributed by atoms with Crippen LogP contribution in [0.25, 0.3) is 0 Å². The maximum atomic E-state index is 11.0. The standard InChI is InChI=1S/C9H11NO2/c1-6-9(7(2)12)3-8(5-11)4-10-6/h3-6,10H,1-2H3. The molecule has 0 aromatic heterocycles. The van der Waals surface area contributed by atoms with Crippen LogP contribution in [-0.4, -0.2) is 18.1 Å². The minimum Gasteiger partial charge on any atom is -0.384 e. The molecule has 0 spiro atoms. The first kappa shape index (κ1) is 8.71. The van der Waals surface area contributed by atoms with Gasteiger partial charge in [0.2, 0.25) is 0 Å². The van der Waals surface area contributed by atoms with Crippen molar-refractivity contribution in [1.82, 2.24) is 5.32 Å². The van der Waals surface area contributed by atoms with Crippen LogP contribution in [0.1, 0.15) is 13.8 Å². The molecule has 1 atom stereocenters. The van der Waals surface area contributed by atoms with E-state index in [0.29, 0.717) is 11.1 Å². The van der Waals surface area contributed by atoms with Gasteiger partial charge in [0, 0.05) is 17.3 Å². The fourth-order valence-electron chi connectivity index (χ4n) is 1.13. The molecule has 12 heavy (non-hydrogen) atoms. The summed E-state index contributed by atoms with van der Waals surface area (Å²) in [6.07, 6.45) is 3.96. The predicted molar refractivity (Wildman–Crippen MR) is 45.5 cm³/mol. The third kappa shape index (κ3) is 1.61. The van der Waals surface area contributed by atoms with E-state index in [2.05, 4.69) is 5.32 Å². The van der Waals surface area contributed by atoms with Crippen LogP contribution < -0.4 is 5.32 Å². The molecule has 0 aromatic rings. The van der Waals surface area contributed by atoms with E-state index in [9.17, 15) is 9.59 Å². The number of nitrogens with one attached hydrogen (secondary N) is 1. The van der Waals surface area contributed by atoms with Gasteiger partial charge in [0.25, 0.3) is 0 Å². The van der Waals surface area contributed by atoms with Gasteiger partial charge in [-0.1, -0.05) is 0 Å². The second-order valence-corrected chi connectivity index (χ2v) is 2.81. The molecule has 1 rings (SSSR count). The number of carbonyl (C=O) groups excluding carboxylic acids is 2. The molecule has 1 aliphatic rings. The summed E-state index contributed by atoms with van der Waals surface area (Å²) in [5.41, 5.74) is 1.16. The highest BCUT2D eigenvalue weighted by Gasteiger charge is 2.15. The topological polar surface area (TPSA) is 46.2 Å². The first-order chi connectivity index (χ1) is 5.65. The normalized spacial score (nSPS) is 22.0. The Hall–Kier alpha value is -1.38. The molecule has 0 aromatic carbocycles. The molecular weight excluding hydrogens is 154 g/mol. The highest BCUT2D eigenvalue weighted by Crippen LogP contribution is 2.11. The molecule has 0 saturated heterocycles. The third-order valence-corrected chi connectivity index (χ3v) is 1.83. The number of hydrogen-bond acceptors (Lipinski definition) is 3. The van der Waals surface area contributed by atoms with Gasteiger partial charge in [0.15, 0.2) is 12.1 Å². The fraction of sp³-hybridized carbons (Fsp3) is 0.333. The molecule has 0 aliphatic carbocycles. The molecule has 0 radical (unpaired) electrons. The van der Waals surface area contributed by atoms with Crippen LogP contribution in [-0.2, 0) is 9.59 Å². The first-order valence-electron chi connectivity index (χ1n) is 3.79. The first-order valence-corrected chi connectivity index (χ1v) is 3.79.